The van der Waals surface area contributed by atoms with Gasteiger partial charge in [0.1, 0.15) is 6.10 Å². The minimum Gasteiger partial charge on any atom is -0.380 e. The van der Waals surface area contributed by atoms with Crippen LogP contribution in [0.25, 0.3) is 16.3 Å². The van der Waals surface area contributed by atoms with Gasteiger partial charge in [0.25, 0.3) is 0 Å². The summed E-state index contributed by atoms with van der Waals surface area (Å²) in [4.78, 5) is 13.1. The number of rotatable bonds is 4. The molecule has 144 valence electrons. The highest BCUT2D eigenvalue weighted by atomic mass is 16.3. The van der Waals surface area contributed by atoms with Crippen LogP contribution in [0.4, 0.5) is 0 Å². The molecule has 4 rings (SSSR count). The van der Waals surface area contributed by atoms with E-state index in [0.717, 1.165) is 21.9 Å². The first-order valence-corrected chi connectivity index (χ1v) is 9.75. The number of allylic oxidation sites excluding steroid dienone is 1. The fourth-order valence-corrected chi connectivity index (χ4v) is 3.31. The van der Waals surface area contributed by atoms with Crippen molar-refractivity contribution in [2.75, 3.05) is 0 Å². The van der Waals surface area contributed by atoms with Gasteiger partial charge in [-0.3, -0.25) is 4.79 Å². The zero-order chi connectivity index (χ0) is 20.8. The number of benzene rings is 4. The molecule has 0 fully saturated rings. The molecule has 0 aliphatic heterocycles. The van der Waals surface area contributed by atoms with Crippen molar-refractivity contribution in [2.24, 2.45) is 0 Å². The number of Topliss-reactive ketones (excluding diaryl/α,β-unsaturated/α-hetero) is 1. The number of aliphatic hydroxyl groups is 1. The lowest BCUT2D eigenvalue weighted by Gasteiger charge is -2.14. The fraction of sp³-hybridized carbons (Fsp3) is 0.0357. The number of hydrogen-bond donors (Lipinski definition) is 1. The van der Waals surface area contributed by atoms with Gasteiger partial charge in [-0.25, -0.2) is 0 Å². The first-order chi connectivity index (χ1) is 14.7. The molecular weight excluding hydrogens is 368 g/mol. The third-order valence-electron chi connectivity index (χ3n) is 4.90. The molecule has 4 aromatic rings. The molecular formula is C28H20O2. The Hall–Kier alpha value is -3.93. The van der Waals surface area contributed by atoms with Crippen molar-refractivity contribution in [2.45, 2.75) is 6.10 Å². The van der Waals surface area contributed by atoms with Crippen molar-refractivity contribution in [3.8, 4) is 11.8 Å². The average Bonchev–Trinajstić information content (AvgIpc) is 2.82. The van der Waals surface area contributed by atoms with Crippen LogP contribution < -0.4 is 0 Å². The molecule has 0 aliphatic carbocycles. The van der Waals surface area contributed by atoms with E-state index in [1.54, 1.807) is 12.1 Å². The lowest BCUT2D eigenvalue weighted by atomic mass is 9.93. The third kappa shape index (κ3) is 4.38. The summed E-state index contributed by atoms with van der Waals surface area (Å²) in [7, 11) is 0. The second kappa shape index (κ2) is 9.05. The molecule has 0 spiro atoms. The van der Waals surface area contributed by atoms with Gasteiger partial charge in [0, 0.05) is 16.7 Å². The maximum Gasteiger partial charge on any atom is 0.195 e. The average molecular weight is 388 g/mol. The van der Waals surface area contributed by atoms with Crippen LogP contribution in [0.15, 0.2) is 109 Å². The molecule has 30 heavy (non-hydrogen) atoms. The van der Waals surface area contributed by atoms with E-state index in [4.69, 9.17) is 0 Å². The summed E-state index contributed by atoms with van der Waals surface area (Å²) in [5, 5.41) is 13.0. The summed E-state index contributed by atoms with van der Waals surface area (Å²) >= 11 is 0. The lowest BCUT2D eigenvalue weighted by Crippen LogP contribution is -2.22. The van der Waals surface area contributed by atoms with Gasteiger partial charge in [-0.05, 0) is 40.6 Å². The van der Waals surface area contributed by atoms with Crippen molar-refractivity contribution < 1.29 is 9.90 Å². The molecule has 0 heterocycles. The number of aliphatic hydroxyl groups excluding tert-OH is 1. The van der Waals surface area contributed by atoms with Gasteiger partial charge >= 0.3 is 0 Å². The highest BCUT2D eigenvalue weighted by Gasteiger charge is 2.22. The summed E-state index contributed by atoms with van der Waals surface area (Å²) in [6.07, 6.45) is 0.324. The first kappa shape index (κ1) is 19.4. The molecule has 0 aromatic heterocycles. The first-order valence-electron chi connectivity index (χ1n) is 9.75. The molecule has 2 nitrogen and oxygen atoms in total. The van der Waals surface area contributed by atoms with E-state index in [2.05, 4.69) is 11.8 Å². The van der Waals surface area contributed by atoms with E-state index >= 15 is 0 Å². The van der Waals surface area contributed by atoms with Crippen LogP contribution in [0.2, 0.25) is 0 Å². The van der Waals surface area contributed by atoms with Crippen molar-refractivity contribution >= 4 is 22.1 Å². The Morgan fingerprint density at radius 2 is 1.37 bits per heavy atom. The lowest BCUT2D eigenvalue weighted by molar-refractivity contribution is 0.0833. The van der Waals surface area contributed by atoms with E-state index < -0.39 is 6.10 Å². The quantitative estimate of drug-likeness (QED) is 0.369. The summed E-state index contributed by atoms with van der Waals surface area (Å²) in [6, 6.07) is 32.3. The van der Waals surface area contributed by atoms with Crippen LogP contribution in [-0.2, 0) is 0 Å². The van der Waals surface area contributed by atoms with Gasteiger partial charge in [0.15, 0.2) is 5.78 Å². The predicted octanol–water partition coefficient (Wildman–Crippen LogP) is 5.52. The SMILES string of the molecule is O=C(c1ccc2ccccc2c1)C(O)/C(=C/C#Cc1ccccc1)c1ccccc1. The molecule has 0 saturated heterocycles. The summed E-state index contributed by atoms with van der Waals surface area (Å²) in [5.41, 5.74) is 2.59. The molecule has 0 amide bonds. The Morgan fingerprint density at radius 1 is 0.733 bits per heavy atom. The van der Waals surface area contributed by atoms with E-state index in [1.165, 1.54) is 0 Å². The van der Waals surface area contributed by atoms with E-state index in [0.29, 0.717) is 11.1 Å². The van der Waals surface area contributed by atoms with Crippen LogP contribution in [0.5, 0.6) is 0 Å². The van der Waals surface area contributed by atoms with Gasteiger partial charge in [-0.2, -0.15) is 0 Å². The molecule has 0 aliphatic rings. The number of ketones is 1. The van der Waals surface area contributed by atoms with Crippen LogP contribution in [0.1, 0.15) is 21.5 Å². The summed E-state index contributed by atoms with van der Waals surface area (Å²) in [6.45, 7) is 0. The number of carbonyl (C=O) groups excluding carboxylic acids is 1. The number of hydrogen-bond acceptors (Lipinski definition) is 2. The maximum atomic E-state index is 13.1. The van der Waals surface area contributed by atoms with Gasteiger partial charge in [-0.1, -0.05) is 96.8 Å². The van der Waals surface area contributed by atoms with Crippen LogP contribution in [-0.4, -0.2) is 17.0 Å². The molecule has 0 radical (unpaired) electrons. The van der Waals surface area contributed by atoms with Crippen LogP contribution in [0, 0.1) is 11.8 Å². The Kier molecular flexibility index (Phi) is 5.85. The molecule has 4 aromatic carbocycles. The second-order valence-corrected chi connectivity index (χ2v) is 6.93. The zero-order valence-corrected chi connectivity index (χ0v) is 16.3. The van der Waals surface area contributed by atoms with Gasteiger partial charge in [0.05, 0.1) is 0 Å². The van der Waals surface area contributed by atoms with Gasteiger partial charge in [0.2, 0.25) is 0 Å². The van der Waals surface area contributed by atoms with Crippen molar-refractivity contribution in [3.05, 3.63) is 126 Å². The van der Waals surface area contributed by atoms with Crippen molar-refractivity contribution in [1.82, 2.24) is 0 Å². The Balaban J connectivity index is 1.69. The van der Waals surface area contributed by atoms with Gasteiger partial charge < -0.3 is 5.11 Å². The molecule has 0 saturated carbocycles. The summed E-state index contributed by atoms with van der Waals surface area (Å²) < 4.78 is 0. The van der Waals surface area contributed by atoms with E-state index in [9.17, 15) is 9.90 Å². The van der Waals surface area contributed by atoms with E-state index in [-0.39, 0.29) is 5.78 Å². The predicted molar refractivity (Wildman–Crippen MR) is 122 cm³/mol. The minimum absolute atomic E-state index is 0.350. The topological polar surface area (TPSA) is 37.3 Å². The monoisotopic (exact) mass is 388 g/mol. The number of carbonyl (C=O) groups is 1. The van der Waals surface area contributed by atoms with Crippen molar-refractivity contribution in [3.63, 3.8) is 0 Å². The fourth-order valence-electron chi connectivity index (χ4n) is 3.31. The molecule has 1 unspecified atom stereocenters. The Labute approximate surface area is 176 Å². The van der Waals surface area contributed by atoms with Crippen LogP contribution in [0.3, 0.4) is 0 Å². The van der Waals surface area contributed by atoms with Crippen molar-refractivity contribution in [1.29, 1.82) is 0 Å². The normalized spacial score (nSPS) is 12.1. The Bertz CT molecular complexity index is 1260. The molecule has 0 bridgehead atoms. The summed E-state index contributed by atoms with van der Waals surface area (Å²) in [5.74, 6) is 5.70. The third-order valence-corrected chi connectivity index (χ3v) is 4.90. The minimum atomic E-state index is -1.31. The molecule has 2 heteroatoms. The smallest absolute Gasteiger partial charge is 0.195 e. The highest BCUT2D eigenvalue weighted by Crippen LogP contribution is 2.23. The highest BCUT2D eigenvalue weighted by molar-refractivity contribution is 6.08. The molecule has 1 atom stereocenters. The second-order valence-electron chi connectivity index (χ2n) is 6.93. The maximum absolute atomic E-state index is 13.1. The number of fused-ring (bicyclic) bond motifs is 1. The van der Waals surface area contributed by atoms with Crippen LogP contribution >= 0.6 is 0 Å². The largest absolute Gasteiger partial charge is 0.380 e. The zero-order valence-electron chi connectivity index (χ0n) is 16.3. The molecule has 1 N–H and O–H groups in total. The van der Waals surface area contributed by atoms with Gasteiger partial charge in [-0.15, -0.1) is 0 Å². The standard InChI is InChI=1S/C28H20O2/c29-27(25-19-18-22-13-7-8-16-24(22)20-25)28(30)26(23-14-5-2-6-15-23)17-9-12-21-10-3-1-4-11-21/h1-8,10-11,13-20,28,30H/b26-17+. The van der Waals surface area contributed by atoms with E-state index in [1.807, 2.05) is 97.1 Å². The Morgan fingerprint density at radius 3 is 2.10 bits per heavy atom.